The molecule has 4 nitrogen and oxygen atoms in total. The van der Waals surface area contributed by atoms with Gasteiger partial charge in [0.15, 0.2) is 6.10 Å². The predicted octanol–water partition coefficient (Wildman–Crippen LogP) is 4.22. The lowest BCUT2D eigenvalue weighted by Gasteiger charge is -2.15. The molecule has 0 bridgehead atoms. The van der Waals surface area contributed by atoms with Gasteiger partial charge in [0.2, 0.25) is 0 Å². The summed E-state index contributed by atoms with van der Waals surface area (Å²) in [5.41, 5.74) is 2.00. The van der Waals surface area contributed by atoms with Crippen molar-refractivity contribution < 1.29 is 14.3 Å². The number of ether oxygens (including phenoxy) is 2. The van der Waals surface area contributed by atoms with Gasteiger partial charge >= 0.3 is 0 Å². The maximum Gasteiger partial charge on any atom is 0.265 e. The fourth-order valence-electron chi connectivity index (χ4n) is 2.13. The molecule has 0 radical (unpaired) electrons. The topological polar surface area (TPSA) is 47.6 Å². The Morgan fingerprint density at radius 3 is 2.26 bits per heavy atom. The molecule has 122 valence electrons. The number of anilines is 1. The van der Waals surface area contributed by atoms with Crippen LogP contribution in [0.15, 0.2) is 48.5 Å². The molecule has 1 atom stereocenters. The van der Waals surface area contributed by atoms with Gasteiger partial charge in [-0.05, 0) is 42.7 Å². The first-order valence-corrected chi connectivity index (χ1v) is 7.71. The zero-order valence-electron chi connectivity index (χ0n) is 14.0. The molecule has 0 aromatic heterocycles. The summed E-state index contributed by atoms with van der Waals surface area (Å²) in [4.78, 5) is 12.2. The molecule has 1 N–H and O–H groups in total. The van der Waals surface area contributed by atoms with Gasteiger partial charge in [-0.2, -0.15) is 0 Å². The first-order valence-electron chi connectivity index (χ1n) is 7.71. The zero-order chi connectivity index (χ0) is 16.8. The molecular formula is C19H23NO3. The van der Waals surface area contributed by atoms with Gasteiger partial charge in [-0.3, -0.25) is 4.79 Å². The van der Waals surface area contributed by atoms with Gasteiger partial charge < -0.3 is 14.8 Å². The zero-order valence-corrected chi connectivity index (χ0v) is 14.0. The monoisotopic (exact) mass is 313 g/mol. The van der Waals surface area contributed by atoms with Crippen molar-refractivity contribution in [3.8, 4) is 11.5 Å². The molecule has 23 heavy (non-hydrogen) atoms. The van der Waals surface area contributed by atoms with Crippen molar-refractivity contribution >= 4 is 11.6 Å². The van der Waals surface area contributed by atoms with Crippen molar-refractivity contribution in [1.29, 1.82) is 0 Å². The minimum absolute atomic E-state index is 0.190. The number of carbonyl (C=O) groups excluding carboxylic acids is 1. The number of hydrogen-bond acceptors (Lipinski definition) is 3. The van der Waals surface area contributed by atoms with Crippen LogP contribution in [0.5, 0.6) is 11.5 Å². The van der Waals surface area contributed by atoms with Crippen LogP contribution in [-0.4, -0.2) is 19.1 Å². The number of amides is 1. The number of methoxy groups -OCH3 is 1. The molecule has 2 aromatic carbocycles. The predicted molar refractivity (Wildman–Crippen MR) is 92.2 cm³/mol. The smallest absolute Gasteiger partial charge is 0.265 e. The maximum absolute atomic E-state index is 12.2. The second-order valence-electron chi connectivity index (χ2n) is 5.71. The normalized spacial score (nSPS) is 11.9. The standard InChI is InChI=1S/C19H23NO3/c1-13(2)15-8-10-16(11-9-15)20-19(21)14(3)23-18-7-5-6-17(12-18)22-4/h5-14H,1-4H3,(H,20,21)/t14-/m0/s1. The quantitative estimate of drug-likeness (QED) is 0.868. The molecule has 0 unspecified atom stereocenters. The third kappa shape index (κ3) is 4.74. The van der Waals surface area contributed by atoms with Gasteiger partial charge in [0, 0.05) is 11.8 Å². The van der Waals surface area contributed by atoms with Crippen molar-refractivity contribution in [2.24, 2.45) is 0 Å². The van der Waals surface area contributed by atoms with Gasteiger partial charge in [-0.25, -0.2) is 0 Å². The largest absolute Gasteiger partial charge is 0.497 e. The van der Waals surface area contributed by atoms with Gasteiger partial charge in [0.05, 0.1) is 7.11 Å². The van der Waals surface area contributed by atoms with Gasteiger partial charge in [0.25, 0.3) is 5.91 Å². The van der Waals surface area contributed by atoms with E-state index >= 15 is 0 Å². The highest BCUT2D eigenvalue weighted by Gasteiger charge is 2.15. The molecule has 0 aliphatic heterocycles. The Bertz CT molecular complexity index is 650. The Hall–Kier alpha value is -2.49. The Balaban J connectivity index is 1.96. The SMILES string of the molecule is COc1cccc(O[C@@H](C)C(=O)Nc2ccc(C(C)C)cc2)c1. The fourth-order valence-corrected chi connectivity index (χ4v) is 2.13. The average molecular weight is 313 g/mol. The number of hydrogen-bond donors (Lipinski definition) is 1. The van der Waals surface area contributed by atoms with E-state index in [1.807, 2.05) is 36.4 Å². The molecule has 2 aromatic rings. The van der Waals surface area contributed by atoms with E-state index < -0.39 is 6.10 Å². The van der Waals surface area contributed by atoms with Gasteiger partial charge in [0.1, 0.15) is 11.5 Å². The summed E-state index contributed by atoms with van der Waals surface area (Å²) in [7, 11) is 1.59. The first-order chi connectivity index (χ1) is 11.0. The van der Waals surface area contributed by atoms with E-state index in [1.54, 1.807) is 26.2 Å². The lowest BCUT2D eigenvalue weighted by Crippen LogP contribution is -2.30. The minimum Gasteiger partial charge on any atom is -0.497 e. The second kappa shape index (κ2) is 7.68. The Morgan fingerprint density at radius 2 is 1.65 bits per heavy atom. The Labute approximate surface area is 137 Å². The van der Waals surface area contributed by atoms with E-state index in [-0.39, 0.29) is 5.91 Å². The third-order valence-electron chi connectivity index (χ3n) is 3.57. The molecule has 4 heteroatoms. The van der Waals surface area contributed by atoms with Crippen LogP contribution in [0.2, 0.25) is 0 Å². The summed E-state index contributed by atoms with van der Waals surface area (Å²) in [6.45, 7) is 5.99. The van der Waals surface area contributed by atoms with E-state index in [2.05, 4.69) is 19.2 Å². The summed E-state index contributed by atoms with van der Waals surface area (Å²) >= 11 is 0. The molecule has 0 aliphatic carbocycles. The Morgan fingerprint density at radius 1 is 1.00 bits per heavy atom. The first kappa shape index (κ1) is 16.9. The molecule has 1 amide bonds. The van der Waals surface area contributed by atoms with Crippen LogP contribution in [0.1, 0.15) is 32.3 Å². The van der Waals surface area contributed by atoms with Crippen molar-refractivity contribution in [2.75, 3.05) is 12.4 Å². The minimum atomic E-state index is -0.605. The number of rotatable bonds is 6. The van der Waals surface area contributed by atoms with Gasteiger partial charge in [-0.15, -0.1) is 0 Å². The highest BCUT2D eigenvalue weighted by molar-refractivity contribution is 5.94. The lowest BCUT2D eigenvalue weighted by molar-refractivity contribution is -0.122. The van der Waals surface area contributed by atoms with Crippen molar-refractivity contribution in [2.45, 2.75) is 32.8 Å². The van der Waals surface area contributed by atoms with Crippen molar-refractivity contribution in [3.63, 3.8) is 0 Å². The number of carbonyl (C=O) groups is 1. The van der Waals surface area contributed by atoms with Crippen molar-refractivity contribution in [1.82, 2.24) is 0 Å². The summed E-state index contributed by atoms with van der Waals surface area (Å²) in [5, 5.41) is 2.86. The highest BCUT2D eigenvalue weighted by atomic mass is 16.5. The van der Waals surface area contributed by atoms with Crippen LogP contribution in [0.4, 0.5) is 5.69 Å². The average Bonchev–Trinajstić information content (AvgIpc) is 2.55. The summed E-state index contributed by atoms with van der Waals surface area (Å²) in [6.07, 6.45) is -0.605. The molecular weight excluding hydrogens is 290 g/mol. The summed E-state index contributed by atoms with van der Waals surface area (Å²) in [6, 6.07) is 15.1. The highest BCUT2D eigenvalue weighted by Crippen LogP contribution is 2.21. The number of nitrogens with one attached hydrogen (secondary N) is 1. The van der Waals surface area contributed by atoms with E-state index in [0.717, 1.165) is 5.69 Å². The number of benzene rings is 2. The maximum atomic E-state index is 12.2. The van der Waals surface area contributed by atoms with Crippen LogP contribution in [-0.2, 0) is 4.79 Å². The second-order valence-corrected chi connectivity index (χ2v) is 5.71. The lowest BCUT2D eigenvalue weighted by atomic mass is 10.0. The van der Waals surface area contributed by atoms with Crippen LogP contribution < -0.4 is 14.8 Å². The molecule has 0 spiro atoms. The summed E-state index contributed by atoms with van der Waals surface area (Å²) in [5.74, 6) is 1.57. The molecule has 0 fully saturated rings. The molecule has 0 aliphatic rings. The van der Waals surface area contributed by atoms with Crippen molar-refractivity contribution in [3.05, 3.63) is 54.1 Å². The van der Waals surface area contributed by atoms with Crippen LogP contribution >= 0.6 is 0 Å². The Kier molecular flexibility index (Phi) is 5.63. The van der Waals surface area contributed by atoms with Gasteiger partial charge in [-0.1, -0.05) is 32.0 Å². The fraction of sp³-hybridized carbons (Fsp3) is 0.316. The molecule has 0 saturated carbocycles. The third-order valence-corrected chi connectivity index (χ3v) is 3.57. The summed E-state index contributed by atoms with van der Waals surface area (Å²) < 4.78 is 10.8. The van der Waals surface area contributed by atoms with Crippen LogP contribution in [0.25, 0.3) is 0 Å². The van der Waals surface area contributed by atoms with E-state index in [4.69, 9.17) is 9.47 Å². The van der Waals surface area contributed by atoms with Crippen LogP contribution in [0.3, 0.4) is 0 Å². The molecule has 0 saturated heterocycles. The van der Waals surface area contributed by atoms with E-state index in [0.29, 0.717) is 17.4 Å². The molecule has 2 rings (SSSR count). The van der Waals surface area contributed by atoms with E-state index in [9.17, 15) is 4.79 Å². The van der Waals surface area contributed by atoms with E-state index in [1.165, 1.54) is 5.56 Å². The van der Waals surface area contributed by atoms with Crippen LogP contribution in [0, 0.1) is 0 Å². The molecule has 0 heterocycles.